The lowest BCUT2D eigenvalue weighted by Crippen LogP contribution is -2.11. The Morgan fingerprint density at radius 3 is 3.14 bits per heavy atom. The predicted octanol–water partition coefficient (Wildman–Crippen LogP) is 0.189. The third-order valence-corrected chi connectivity index (χ3v) is 1.31. The van der Waals surface area contributed by atoms with Gasteiger partial charge in [0.1, 0.15) is 12.9 Å². The normalized spacial score (nSPS) is 9.86. The Labute approximate surface area is 81.0 Å². The molecule has 0 aliphatic rings. The van der Waals surface area contributed by atoms with E-state index in [4.69, 9.17) is 19.6 Å². The Morgan fingerprint density at radius 1 is 1.71 bits per heavy atom. The highest BCUT2D eigenvalue weighted by atomic mass is 16.6. The molecule has 0 aromatic carbocycles. The molecule has 0 radical (unpaired) electrons. The lowest BCUT2D eigenvalue weighted by Gasteiger charge is -1.96. The SMILES string of the molecule is CCOC(=O)c1coc(OCCN)n1. The number of oxazole rings is 1. The number of nitrogens with zero attached hydrogens (tertiary/aromatic N) is 1. The zero-order valence-electron chi connectivity index (χ0n) is 7.86. The number of rotatable bonds is 5. The molecule has 1 aromatic rings. The van der Waals surface area contributed by atoms with Gasteiger partial charge in [0.25, 0.3) is 0 Å². The maximum Gasteiger partial charge on any atom is 0.394 e. The molecule has 0 fully saturated rings. The summed E-state index contributed by atoms with van der Waals surface area (Å²) in [6.45, 7) is 2.66. The molecule has 14 heavy (non-hydrogen) atoms. The van der Waals surface area contributed by atoms with E-state index in [0.717, 1.165) is 0 Å². The van der Waals surface area contributed by atoms with Crippen molar-refractivity contribution >= 4 is 5.97 Å². The minimum atomic E-state index is -0.529. The Kier molecular flexibility index (Phi) is 3.93. The third-order valence-electron chi connectivity index (χ3n) is 1.31. The fourth-order valence-corrected chi connectivity index (χ4v) is 0.769. The summed E-state index contributed by atoms with van der Waals surface area (Å²) in [6.07, 6.45) is 1.21. The largest absolute Gasteiger partial charge is 0.461 e. The first kappa shape index (κ1) is 10.5. The number of nitrogens with two attached hydrogens (primary N) is 1. The van der Waals surface area contributed by atoms with Crippen LogP contribution in [-0.2, 0) is 4.74 Å². The lowest BCUT2D eigenvalue weighted by atomic mass is 10.5. The highest BCUT2D eigenvalue weighted by Gasteiger charge is 2.13. The number of hydrogen-bond acceptors (Lipinski definition) is 6. The minimum Gasteiger partial charge on any atom is -0.461 e. The molecule has 1 rings (SSSR count). The van der Waals surface area contributed by atoms with E-state index in [-0.39, 0.29) is 11.8 Å². The second-order valence-electron chi connectivity index (χ2n) is 2.36. The molecular formula is C8H12N2O4. The van der Waals surface area contributed by atoms with E-state index in [1.54, 1.807) is 6.92 Å². The van der Waals surface area contributed by atoms with Crippen molar-refractivity contribution in [2.24, 2.45) is 5.73 Å². The summed E-state index contributed by atoms with van der Waals surface area (Å²) in [7, 11) is 0. The van der Waals surface area contributed by atoms with Gasteiger partial charge in [-0.1, -0.05) is 0 Å². The maximum atomic E-state index is 11.1. The Bertz CT molecular complexity index is 297. The van der Waals surface area contributed by atoms with Crippen molar-refractivity contribution in [3.63, 3.8) is 0 Å². The molecule has 0 unspecified atom stereocenters. The van der Waals surface area contributed by atoms with Gasteiger partial charge in [-0.2, -0.15) is 4.98 Å². The molecule has 78 valence electrons. The quantitative estimate of drug-likeness (QED) is 0.682. The number of ether oxygens (including phenoxy) is 2. The van der Waals surface area contributed by atoms with Crippen LogP contribution < -0.4 is 10.5 Å². The summed E-state index contributed by atoms with van der Waals surface area (Å²) in [6, 6.07) is 0. The van der Waals surface area contributed by atoms with Crippen molar-refractivity contribution < 1.29 is 18.7 Å². The standard InChI is InChI=1S/C8H12N2O4/c1-2-12-7(11)6-5-14-8(10-6)13-4-3-9/h5H,2-4,9H2,1H3. The van der Waals surface area contributed by atoms with Crippen LogP contribution in [0.15, 0.2) is 10.7 Å². The predicted molar refractivity (Wildman–Crippen MR) is 47.0 cm³/mol. The van der Waals surface area contributed by atoms with Gasteiger partial charge in [-0.05, 0) is 6.92 Å². The fraction of sp³-hybridized carbons (Fsp3) is 0.500. The average molecular weight is 200 g/mol. The number of carbonyl (C=O) groups excluding carboxylic acids is 1. The van der Waals surface area contributed by atoms with Gasteiger partial charge in [0, 0.05) is 6.54 Å². The van der Waals surface area contributed by atoms with Crippen molar-refractivity contribution in [1.82, 2.24) is 4.98 Å². The fourth-order valence-electron chi connectivity index (χ4n) is 0.769. The maximum absolute atomic E-state index is 11.1. The van der Waals surface area contributed by atoms with Crippen LogP contribution >= 0.6 is 0 Å². The van der Waals surface area contributed by atoms with E-state index < -0.39 is 5.97 Å². The van der Waals surface area contributed by atoms with Crippen LogP contribution in [0.1, 0.15) is 17.4 Å². The number of esters is 1. The molecule has 0 aliphatic carbocycles. The Hall–Kier alpha value is -1.56. The van der Waals surface area contributed by atoms with Gasteiger partial charge in [-0.25, -0.2) is 4.79 Å². The van der Waals surface area contributed by atoms with Gasteiger partial charge in [-0.3, -0.25) is 0 Å². The Balaban J connectivity index is 2.54. The zero-order chi connectivity index (χ0) is 10.4. The second-order valence-corrected chi connectivity index (χ2v) is 2.36. The van der Waals surface area contributed by atoms with E-state index in [9.17, 15) is 4.79 Å². The second kappa shape index (κ2) is 5.23. The van der Waals surface area contributed by atoms with Crippen molar-refractivity contribution in [2.45, 2.75) is 6.92 Å². The molecule has 0 bridgehead atoms. The molecule has 0 atom stereocenters. The summed E-state index contributed by atoms with van der Waals surface area (Å²) >= 11 is 0. The van der Waals surface area contributed by atoms with Crippen molar-refractivity contribution in [3.05, 3.63) is 12.0 Å². The molecule has 1 aromatic heterocycles. The van der Waals surface area contributed by atoms with Crippen molar-refractivity contribution in [2.75, 3.05) is 19.8 Å². The first-order valence-electron chi connectivity index (χ1n) is 4.23. The summed E-state index contributed by atoms with van der Waals surface area (Å²) in [5.41, 5.74) is 5.30. The summed E-state index contributed by atoms with van der Waals surface area (Å²) in [5, 5.41) is 0. The van der Waals surface area contributed by atoms with Crippen LogP contribution in [0, 0.1) is 0 Å². The molecule has 0 aliphatic heterocycles. The van der Waals surface area contributed by atoms with Crippen LogP contribution in [-0.4, -0.2) is 30.7 Å². The van der Waals surface area contributed by atoms with Crippen LogP contribution in [0.3, 0.4) is 0 Å². The van der Waals surface area contributed by atoms with Crippen LogP contribution in [0.5, 0.6) is 6.08 Å². The van der Waals surface area contributed by atoms with Crippen LogP contribution in [0.4, 0.5) is 0 Å². The summed E-state index contributed by atoms with van der Waals surface area (Å²) in [4.78, 5) is 14.9. The highest BCUT2D eigenvalue weighted by molar-refractivity contribution is 5.86. The molecule has 6 nitrogen and oxygen atoms in total. The summed E-state index contributed by atoms with van der Waals surface area (Å²) in [5.74, 6) is -0.529. The number of aromatic nitrogens is 1. The van der Waals surface area contributed by atoms with Gasteiger partial charge in [-0.15, -0.1) is 0 Å². The van der Waals surface area contributed by atoms with Gasteiger partial charge in [0.05, 0.1) is 6.61 Å². The van der Waals surface area contributed by atoms with E-state index >= 15 is 0 Å². The lowest BCUT2D eigenvalue weighted by molar-refractivity contribution is 0.0519. The third kappa shape index (κ3) is 2.74. The molecular weight excluding hydrogens is 188 g/mol. The van der Waals surface area contributed by atoms with Crippen molar-refractivity contribution in [1.29, 1.82) is 0 Å². The first-order valence-corrected chi connectivity index (χ1v) is 4.23. The smallest absolute Gasteiger partial charge is 0.394 e. The molecule has 2 N–H and O–H groups in total. The number of carbonyl (C=O) groups is 1. The van der Waals surface area contributed by atoms with Gasteiger partial charge in [0.15, 0.2) is 5.69 Å². The summed E-state index contributed by atoms with van der Waals surface area (Å²) < 4.78 is 14.5. The van der Waals surface area contributed by atoms with E-state index in [0.29, 0.717) is 19.8 Å². The van der Waals surface area contributed by atoms with E-state index in [1.165, 1.54) is 6.26 Å². The van der Waals surface area contributed by atoms with Gasteiger partial charge >= 0.3 is 12.0 Å². The first-order chi connectivity index (χ1) is 6.77. The van der Waals surface area contributed by atoms with Crippen LogP contribution in [0.2, 0.25) is 0 Å². The van der Waals surface area contributed by atoms with Crippen molar-refractivity contribution in [3.8, 4) is 6.08 Å². The van der Waals surface area contributed by atoms with Crippen LogP contribution in [0.25, 0.3) is 0 Å². The Morgan fingerprint density at radius 2 is 2.50 bits per heavy atom. The van der Waals surface area contributed by atoms with Gasteiger partial charge in [0.2, 0.25) is 0 Å². The molecule has 1 heterocycles. The van der Waals surface area contributed by atoms with E-state index in [2.05, 4.69) is 4.98 Å². The topological polar surface area (TPSA) is 87.6 Å². The molecule has 0 saturated heterocycles. The number of hydrogen-bond donors (Lipinski definition) is 1. The van der Waals surface area contributed by atoms with E-state index in [1.807, 2.05) is 0 Å². The molecule has 0 saturated carbocycles. The highest BCUT2D eigenvalue weighted by Crippen LogP contribution is 2.10. The minimum absolute atomic E-state index is 0.0264. The monoisotopic (exact) mass is 200 g/mol. The molecule has 0 amide bonds. The molecule has 6 heteroatoms. The molecule has 0 spiro atoms. The van der Waals surface area contributed by atoms with Gasteiger partial charge < -0.3 is 19.6 Å². The average Bonchev–Trinajstić information content (AvgIpc) is 2.63. The zero-order valence-corrected chi connectivity index (χ0v) is 7.86.